The highest BCUT2D eigenvalue weighted by Gasteiger charge is 2.34. The lowest BCUT2D eigenvalue weighted by atomic mass is 10.0. The third-order valence-corrected chi connectivity index (χ3v) is 3.61. The van der Waals surface area contributed by atoms with Crippen LogP contribution < -0.4 is 10.6 Å². The van der Waals surface area contributed by atoms with Crippen LogP contribution in [0.25, 0.3) is 0 Å². The topological polar surface area (TPSA) is 92.6 Å². The second-order valence-corrected chi connectivity index (χ2v) is 4.68. The van der Waals surface area contributed by atoms with Crippen molar-refractivity contribution < 1.29 is 10.0 Å². The molecule has 2 atom stereocenters. The Hall–Kier alpha value is -1.82. The number of hydrogen-bond donors (Lipinski definition) is 2. The van der Waals surface area contributed by atoms with Crippen LogP contribution in [0.4, 0.5) is 17.1 Å². The van der Waals surface area contributed by atoms with Gasteiger partial charge in [0.2, 0.25) is 0 Å². The third kappa shape index (κ3) is 1.99. The summed E-state index contributed by atoms with van der Waals surface area (Å²) in [5.74, 6) is 0.316. The molecule has 1 aliphatic rings. The quantitative estimate of drug-likeness (QED) is 0.481. The number of para-hydroxylation sites is 1. The number of nitrogens with zero attached hydrogens (tertiary/aromatic N) is 2. The van der Waals surface area contributed by atoms with E-state index in [1.165, 1.54) is 6.07 Å². The average molecular weight is 251 g/mol. The first-order chi connectivity index (χ1) is 8.56. The van der Waals surface area contributed by atoms with Gasteiger partial charge in [0, 0.05) is 6.54 Å². The van der Waals surface area contributed by atoms with E-state index in [0.717, 1.165) is 6.42 Å². The van der Waals surface area contributed by atoms with Crippen LogP contribution in [0.3, 0.4) is 0 Å². The van der Waals surface area contributed by atoms with E-state index < -0.39 is 4.92 Å². The standard InChI is InChI=1S/C12H17N3O3/c1-8-5-6-14(11(8)7-16)10-4-2-3-9(13)12(10)15(17)18/h2-4,8,11,16H,5-7,13H2,1H3. The Bertz CT molecular complexity index is 464. The van der Waals surface area contributed by atoms with Gasteiger partial charge in [-0.25, -0.2) is 0 Å². The maximum Gasteiger partial charge on any atom is 0.315 e. The highest BCUT2D eigenvalue weighted by atomic mass is 16.6. The smallest absolute Gasteiger partial charge is 0.315 e. The molecular weight excluding hydrogens is 234 g/mol. The lowest BCUT2D eigenvalue weighted by Crippen LogP contribution is -2.35. The third-order valence-electron chi connectivity index (χ3n) is 3.61. The second-order valence-electron chi connectivity index (χ2n) is 4.68. The van der Waals surface area contributed by atoms with Gasteiger partial charge in [-0.2, -0.15) is 0 Å². The highest BCUT2D eigenvalue weighted by Crippen LogP contribution is 2.38. The normalized spacial score (nSPS) is 23.3. The molecule has 2 rings (SSSR count). The number of nitrogens with two attached hydrogens (primary N) is 1. The number of nitro benzene ring substituents is 1. The van der Waals surface area contributed by atoms with E-state index in [0.29, 0.717) is 18.2 Å². The second kappa shape index (κ2) is 4.81. The molecule has 1 aromatic carbocycles. The Labute approximate surface area is 105 Å². The minimum absolute atomic E-state index is 0.00683. The van der Waals surface area contributed by atoms with Crippen molar-refractivity contribution in [2.24, 2.45) is 5.92 Å². The fourth-order valence-corrected chi connectivity index (χ4v) is 2.57. The number of benzene rings is 1. The van der Waals surface area contributed by atoms with E-state index in [4.69, 9.17) is 5.73 Å². The van der Waals surface area contributed by atoms with Crippen LogP contribution in [0.15, 0.2) is 18.2 Å². The summed E-state index contributed by atoms with van der Waals surface area (Å²) in [6, 6.07) is 4.84. The van der Waals surface area contributed by atoms with Crippen LogP contribution in [0, 0.1) is 16.0 Å². The molecule has 2 unspecified atom stereocenters. The van der Waals surface area contributed by atoms with Crippen molar-refractivity contribution in [3.05, 3.63) is 28.3 Å². The lowest BCUT2D eigenvalue weighted by molar-refractivity contribution is -0.383. The van der Waals surface area contributed by atoms with Crippen molar-refractivity contribution >= 4 is 17.1 Å². The molecule has 6 heteroatoms. The Balaban J connectivity index is 2.45. The molecule has 0 bridgehead atoms. The van der Waals surface area contributed by atoms with E-state index in [1.54, 1.807) is 12.1 Å². The zero-order valence-corrected chi connectivity index (χ0v) is 10.2. The molecule has 0 spiro atoms. The van der Waals surface area contributed by atoms with Crippen LogP contribution in [0.1, 0.15) is 13.3 Å². The van der Waals surface area contributed by atoms with Crippen LogP contribution >= 0.6 is 0 Å². The molecule has 0 radical (unpaired) electrons. The molecule has 0 aromatic heterocycles. The maximum absolute atomic E-state index is 11.1. The summed E-state index contributed by atoms with van der Waals surface area (Å²) in [7, 11) is 0. The number of aliphatic hydroxyl groups is 1. The summed E-state index contributed by atoms with van der Waals surface area (Å²) in [6.45, 7) is 2.74. The van der Waals surface area contributed by atoms with Crippen molar-refractivity contribution in [2.45, 2.75) is 19.4 Å². The fourth-order valence-electron chi connectivity index (χ4n) is 2.57. The summed E-state index contributed by atoms with van der Waals surface area (Å²) in [5.41, 5.74) is 6.28. The van der Waals surface area contributed by atoms with Gasteiger partial charge in [-0.3, -0.25) is 10.1 Å². The van der Waals surface area contributed by atoms with E-state index >= 15 is 0 Å². The van der Waals surface area contributed by atoms with Gasteiger partial charge < -0.3 is 15.7 Å². The molecule has 18 heavy (non-hydrogen) atoms. The van der Waals surface area contributed by atoms with Crippen LogP contribution in [0.5, 0.6) is 0 Å². The molecule has 1 aromatic rings. The number of nitro groups is 1. The SMILES string of the molecule is CC1CCN(c2cccc(N)c2[N+](=O)[O-])C1CO. The first-order valence-electron chi connectivity index (χ1n) is 5.96. The van der Waals surface area contributed by atoms with E-state index in [-0.39, 0.29) is 24.0 Å². The molecule has 6 nitrogen and oxygen atoms in total. The minimum atomic E-state index is -0.456. The first-order valence-corrected chi connectivity index (χ1v) is 5.96. The van der Waals surface area contributed by atoms with E-state index in [9.17, 15) is 15.2 Å². The zero-order chi connectivity index (χ0) is 13.3. The van der Waals surface area contributed by atoms with Crippen molar-refractivity contribution in [1.29, 1.82) is 0 Å². The molecule has 1 saturated heterocycles. The van der Waals surface area contributed by atoms with Gasteiger partial charge in [-0.05, 0) is 24.5 Å². The van der Waals surface area contributed by atoms with Crippen LogP contribution in [0.2, 0.25) is 0 Å². The van der Waals surface area contributed by atoms with Gasteiger partial charge in [0.1, 0.15) is 11.4 Å². The van der Waals surface area contributed by atoms with Gasteiger partial charge in [0.05, 0.1) is 17.6 Å². The molecule has 1 heterocycles. The van der Waals surface area contributed by atoms with Crippen LogP contribution in [-0.4, -0.2) is 29.2 Å². The average Bonchev–Trinajstić information content (AvgIpc) is 2.69. The summed E-state index contributed by atoms with van der Waals surface area (Å²) in [5, 5.41) is 20.5. The maximum atomic E-state index is 11.1. The van der Waals surface area contributed by atoms with Crippen molar-refractivity contribution in [2.75, 3.05) is 23.8 Å². The summed E-state index contributed by atoms with van der Waals surface area (Å²) >= 11 is 0. The molecule has 3 N–H and O–H groups in total. The fraction of sp³-hybridized carbons (Fsp3) is 0.500. The van der Waals surface area contributed by atoms with Gasteiger partial charge >= 0.3 is 5.69 Å². The summed E-state index contributed by atoms with van der Waals surface area (Å²) in [6.07, 6.45) is 0.914. The minimum Gasteiger partial charge on any atom is -0.394 e. The monoisotopic (exact) mass is 251 g/mol. The number of aliphatic hydroxyl groups excluding tert-OH is 1. The van der Waals surface area contributed by atoms with E-state index in [1.807, 2.05) is 11.8 Å². The number of anilines is 2. The zero-order valence-electron chi connectivity index (χ0n) is 10.2. The largest absolute Gasteiger partial charge is 0.394 e. The Kier molecular flexibility index (Phi) is 3.38. The Morgan fingerprint density at radius 1 is 1.61 bits per heavy atom. The van der Waals surface area contributed by atoms with Gasteiger partial charge in [-0.15, -0.1) is 0 Å². The molecule has 1 aliphatic heterocycles. The lowest BCUT2D eigenvalue weighted by Gasteiger charge is -2.27. The molecule has 0 saturated carbocycles. The Morgan fingerprint density at radius 2 is 2.33 bits per heavy atom. The van der Waals surface area contributed by atoms with Gasteiger partial charge in [-0.1, -0.05) is 13.0 Å². The number of rotatable bonds is 3. The van der Waals surface area contributed by atoms with E-state index in [2.05, 4.69) is 0 Å². The Morgan fingerprint density at radius 3 is 2.94 bits per heavy atom. The summed E-state index contributed by atoms with van der Waals surface area (Å²) < 4.78 is 0. The molecule has 98 valence electrons. The number of nitrogen functional groups attached to an aromatic ring is 1. The molecule has 0 aliphatic carbocycles. The van der Waals surface area contributed by atoms with Crippen molar-refractivity contribution in [1.82, 2.24) is 0 Å². The van der Waals surface area contributed by atoms with Crippen molar-refractivity contribution in [3.63, 3.8) is 0 Å². The molecule has 1 fully saturated rings. The molecular formula is C12H17N3O3. The predicted octanol–water partition coefficient (Wildman–Crippen LogP) is 1.38. The highest BCUT2D eigenvalue weighted by molar-refractivity contribution is 5.75. The summed E-state index contributed by atoms with van der Waals surface area (Å²) in [4.78, 5) is 12.5. The molecule has 0 amide bonds. The van der Waals surface area contributed by atoms with Gasteiger partial charge in [0.15, 0.2) is 0 Å². The number of hydrogen-bond acceptors (Lipinski definition) is 5. The van der Waals surface area contributed by atoms with Crippen molar-refractivity contribution in [3.8, 4) is 0 Å². The predicted molar refractivity (Wildman–Crippen MR) is 69.5 cm³/mol. The van der Waals surface area contributed by atoms with Gasteiger partial charge in [0.25, 0.3) is 0 Å². The first kappa shape index (κ1) is 12.6. The van der Waals surface area contributed by atoms with Crippen LogP contribution in [-0.2, 0) is 0 Å².